The molecule has 0 bridgehead atoms. The number of hydrogen-bond donors (Lipinski definition) is 2. The van der Waals surface area contributed by atoms with Crippen LogP contribution in [-0.2, 0) is 4.79 Å². The predicted octanol–water partition coefficient (Wildman–Crippen LogP) is 4.24. The largest absolute Gasteiger partial charge is 0.331 e. The molecule has 0 spiro atoms. The summed E-state index contributed by atoms with van der Waals surface area (Å²) in [5.41, 5.74) is 3.35. The number of anilines is 1. The molecule has 8 heteroatoms. The number of nitrogens with one attached hydrogen (secondary N) is 2. The van der Waals surface area contributed by atoms with Crippen molar-refractivity contribution in [2.45, 2.75) is 27.7 Å². The van der Waals surface area contributed by atoms with Gasteiger partial charge in [-0.25, -0.2) is 0 Å². The van der Waals surface area contributed by atoms with Crippen LogP contribution in [0.3, 0.4) is 0 Å². The molecular weight excluding hydrogens is 382 g/mol. The van der Waals surface area contributed by atoms with E-state index in [9.17, 15) is 4.79 Å². The number of carbonyl (C=O) groups is 1. The summed E-state index contributed by atoms with van der Waals surface area (Å²) in [6.45, 7) is 7.46. The molecule has 0 saturated heterocycles. The van der Waals surface area contributed by atoms with Crippen LogP contribution in [-0.4, -0.2) is 26.0 Å². The Morgan fingerprint density at radius 1 is 1.11 bits per heavy atom. The Hall–Kier alpha value is -2.51. The third-order valence-corrected chi connectivity index (χ3v) is 4.41. The van der Waals surface area contributed by atoms with Gasteiger partial charge in [0.25, 0.3) is 0 Å². The summed E-state index contributed by atoms with van der Waals surface area (Å²) in [6.07, 6.45) is 0. The van der Waals surface area contributed by atoms with E-state index >= 15 is 0 Å². The zero-order chi connectivity index (χ0) is 19.8. The first kappa shape index (κ1) is 19.3. The van der Waals surface area contributed by atoms with Gasteiger partial charge >= 0.3 is 0 Å². The summed E-state index contributed by atoms with van der Waals surface area (Å²) >= 11 is 11.6. The van der Waals surface area contributed by atoms with E-state index in [0.29, 0.717) is 21.7 Å². The molecule has 0 saturated carbocycles. The fourth-order valence-corrected chi connectivity index (χ4v) is 2.68. The number of aromatic nitrogens is 3. The lowest BCUT2D eigenvalue weighted by Crippen LogP contribution is -2.41. The molecule has 2 N–H and O–H groups in total. The van der Waals surface area contributed by atoms with Crippen LogP contribution in [0.25, 0.3) is 16.7 Å². The van der Waals surface area contributed by atoms with Crippen LogP contribution in [0.4, 0.5) is 5.69 Å². The van der Waals surface area contributed by atoms with Crippen molar-refractivity contribution in [1.82, 2.24) is 20.3 Å². The van der Waals surface area contributed by atoms with Gasteiger partial charge in [0.1, 0.15) is 11.0 Å². The van der Waals surface area contributed by atoms with Crippen molar-refractivity contribution in [3.63, 3.8) is 0 Å². The average Bonchev–Trinajstić information content (AvgIpc) is 2.97. The number of aryl methyl sites for hydroxylation is 1. The van der Waals surface area contributed by atoms with Crippen LogP contribution in [0.15, 0.2) is 36.4 Å². The maximum atomic E-state index is 12.0. The van der Waals surface area contributed by atoms with E-state index in [0.717, 1.165) is 11.3 Å². The Balaban J connectivity index is 1.85. The third kappa shape index (κ3) is 4.43. The van der Waals surface area contributed by atoms with E-state index < -0.39 is 5.41 Å². The van der Waals surface area contributed by atoms with E-state index in [1.165, 1.54) is 0 Å². The van der Waals surface area contributed by atoms with Gasteiger partial charge in [0.2, 0.25) is 5.91 Å². The summed E-state index contributed by atoms with van der Waals surface area (Å²) < 4.78 is 0. The fraction of sp³-hybridized carbons (Fsp3) is 0.263. The molecule has 1 aromatic heterocycles. The minimum Gasteiger partial charge on any atom is -0.331 e. The molecule has 0 fully saturated rings. The molecule has 27 heavy (non-hydrogen) atoms. The minimum atomic E-state index is -0.545. The van der Waals surface area contributed by atoms with Gasteiger partial charge in [0.05, 0.1) is 16.4 Å². The van der Waals surface area contributed by atoms with Gasteiger partial charge < -0.3 is 10.6 Å². The van der Waals surface area contributed by atoms with E-state index in [1.807, 2.05) is 52.0 Å². The average molecular weight is 402 g/mol. The molecule has 3 rings (SSSR count). The number of halogens is 1. The Bertz CT molecular complexity index is 1020. The fourth-order valence-electron chi connectivity index (χ4n) is 2.27. The standard InChI is InChI=1S/C19H20ClN5OS/c1-11-5-7-12(8-6-11)25-23-15-9-13(20)14(10-16(15)24-25)21-18(27)22-17(26)19(2,3)4/h5-10H,1-4H3,(H2,21,22,26,27). The molecule has 3 aromatic rings. The molecule has 0 aliphatic carbocycles. The number of carbonyl (C=O) groups excluding carboxylic acids is 1. The molecule has 0 radical (unpaired) electrons. The highest BCUT2D eigenvalue weighted by Crippen LogP contribution is 2.27. The number of amides is 1. The highest BCUT2D eigenvalue weighted by molar-refractivity contribution is 7.80. The van der Waals surface area contributed by atoms with Gasteiger partial charge in [0.15, 0.2) is 5.11 Å². The SMILES string of the molecule is Cc1ccc(-n2nc3cc(Cl)c(NC(=S)NC(=O)C(C)(C)C)cc3n2)cc1. The van der Waals surface area contributed by atoms with Gasteiger partial charge in [-0.2, -0.15) is 4.80 Å². The van der Waals surface area contributed by atoms with Crippen molar-refractivity contribution in [3.05, 3.63) is 47.0 Å². The van der Waals surface area contributed by atoms with Crippen LogP contribution in [0.1, 0.15) is 26.3 Å². The second kappa shape index (κ2) is 7.25. The lowest BCUT2D eigenvalue weighted by Gasteiger charge is -2.18. The van der Waals surface area contributed by atoms with E-state index in [-0.39, 0.29) is 11.0 Å². The summed E-state index contributed by atoms with van der Waals surface area (Å²) in [7, 11) is 0. The second-order valence-electron chi connectivity index (χ2n) is 7.30. The molecule has 0 unspecified atom stereocenters. The Kier molecular flexibility index (Phi) is 5.17. The predicted molar refractivity (Wildman–Crippen MR) is 112 cm³/mol. The summed E-state index contributed by atoms with van der Waals surface area (Å²) in [6, 6.07) is 11.4. The summed E-state index contributed by atoms with van der Waals surface area (Å²) in [4.78, 5) is 13.6. The molecule has 1 heterocycles. The zero-order valence-electron chi connectivity index (χ0n) is 15.5. The van der Waals surface area contributed by atoms with Gasteiger partial charge in [-0.1, -0.05) is 50.1 Å². The lowest BCUT2D eigenvalue weighted by molar-refractivity contribution is -0.126. The Morgan fingerprint density at radius 2 is 1.70 bits per heavy atom. The molecule has 0 aliphatic heterocycles. The van der Waals surface area contributed by atoms with Crippen LogP contribution in [0.5, 0.6) is 0 Å². The number of benzene rings is 2. The number of rotatable bonds is 2. The van der Waals surface area contributed by atoms with Gasteiger partial charge in [-0.05, 0) is 43.4 Å². The normalized spacial score (nSPS) is 11.4. The van der Waals surface area contributed by atoms with E-state index in [4.69, 9.17) is 23.8 Å². The quantitative estimate of drug-likeness (QED) is 0.628. The van der Waals surface area contributed by atoms with Crippen molar-refractivity contribution >= 4 is 51.6 Å². The van der Waals surface area contributed by atoms with Crippen molar-refractivity contribution < 1.29 is 4.79 Å². The molecular formula is C19H20ClN5OS. The van der Waals surface area contributed by atoms with E-state index in [2.05, 4.69) is 20.8 Å². The monoisotopic (exact) mass is 401 g/mol. The Morgan fingerprint density at radius 3 is 2.30 bits per heavy atom. The maximum Gasteiger partial charge on any atom is 0.231 e. The van der Waals surface area contributed by atoms with Crippen molar-refractivity contribution in [1.29, 1.82) is 0 Å². The number of hydrogen-bond acceptors (Lipinski definition) is 4. The number of fused-ring (bicyclic) bond motifs is 1. The van der Waals surface area contributed by atoms with Crippen LogP contribution in [0.2, 0.25) is 5.02 Å². The first-order chi connectivity index (χ1) is 12.6. The van der Waals surface area contributed by atoms with E-state index in [1.54, 1.807) is 16.9 Å². The maximum absolute atomic E-state index is 12.0. The first-order valence-corrected chi connectivity index (χ1v) is 9.18. The van der Waals surface area contributed by atoms with Crippen LogP contribution >= 0.6 is 23.8 Å². The molecule has 0 atom stereocenters. The van der Waals surface area contributed by atoms with Gasteiger partial charge in [-0.15, -0.1) is 10.2 Å². The second-order valence-corrected chi connectivity index (χ2v) is 8.12. The molecule has 6 nitrogen and oxygen atoms in total. The Labute approximate surface area is 167 Å². The topological polar surface area (TPSA) is 71.8 Å². The van der Waals surface area contributed by atoms with Crippen LogP contribution in [0, 0.1) is 12.3 Å². The summed E-state index contributed by atoms with van der Waals surface area (Å²) in [5, 5.41) is 15.2. The molecule has 140 valence electrons. The molecule has 2 aromatic carbocycles. The van der Waals surface area contributed by atoms with Gasteiger partial charge in [-0.3, -0.25) is 4.79 Å². The summed E-state index contributed by atoms with van der Waals surface area (Å²) in [5.74, 6) is -0.178. The lowest BCUT2D eigenvalue weighted by atomic mass is 9.96. The van der Waals surface area contributed by atoms with Crippen molar-refractivity contribution in [2.24, 2.45) is 5.41 Å². The van der Waals surface area contributed by atoms with Crippen molar-refractivity contribution in [3.8, 4) is 5.69 Å². The molecule has 1 amide bonds. The zero-order valence-corrected chi connectivity index (χ0v) is 17.1. The molecule has 0 aliphatic rings. The smallest absolute Gasteiger partial charge is 0.231 e. The minimum absolute atomic E-state index is 0.178. The first-order valence-electron chi connectivity index (χ1n) is 8.39. The highest BCUT2D eigenvalue weighted by atomic mass is 35.5. The highest BCUT2D eigenvalue weighted by Gasteiger charge is 2.22. The number of nitrogens with zero attached hydrogens (tertiary/aromatic N) is 3. The number of thiocarbonyl (C=S) groups is 1. The van der Waals surface area contributed by atoms with Gasteiger partial charge in [0, 0.05) is 5.41 Å². The third-order valence-electron chi connectivity index (χ3n) is 3.89. The van der Waals surface area contributed by atoms with Crippen molar-refractivity contribution in [2.75, 3.05) is 5.32 Å². The van der Waals surface area contributed by atoms with Crippen LogP contribution < -0.4 is 10.6 Å².